The maximum absolute atomic E-state index is 5.67. The molecule has 0 fully saturated rings. The van der Waals surface area contributed by atoms with Crippen LogP contribution in [0.2, 0.25) is 0 Å². The van der Waals surface area contributed by atoms with Crippen molar-refractivity contribution in [2.75, 3.05) is 13.1 Å². The van der Waals surface area contributed by atoms with Crippen LogP contribution >= 0.6 is 0 Å². The summed E-state index contributed by atoms with van der Waals surface area (Å²) in [6.07, 6.45) is 36.0. The van der Waals surface area contributed by atoms with Gasteiger partial charge in [-0.2, -0.15) is 0 Å². The quantitative estimate of drug-likeness (QED) is 0.108. The number of unbranched alkanes of at least 4 members (excludes halogenated alkanes) is 14. The molecule has 0 aromatic carbocycles. The molecular weight excluding hydrogens is 412 g/mol. The van der Waals surface area contributed by atoms with E-state index in [9.17, 15) is 0 Å². The average Bonchev–Trinajstić information content (AvgIpc) is 2.85. The van der Waals surface area contributed by atoms with E-state index in [2.05, 4.69) is 26.0 Å². The first kappa shape index (κ1) is 31.7. The normalized spacial score (nSPS) is 22.5. The maximum atomic E-state index is 5.67. The highest BCUT2D eigenvalue weighted by molar-refractivity contribution is 5.05. The van der Waals surface area contributed by atoms with Crippen LogP contribution in [0.25, 0.3) is 0 Å². The Bertz CT molecular complexity index is 446. The molecule has 0 aliphatic heterocycles. The van der Waals surface area contributed by atoms with E-state index < -0.39 is 0 Å². The monoisotopic (exact) mass is 477 g/mol. The fourth-order valence-electron chi connectivity index (χ4n) is 6.39. The first-order valence-electron chi connectivity index (χ1n) is 15.9. The molecule has 4 atom stereocenters. The molecule has 0 saturated carbocycles. The van der Waals surface area contributed by atoms with Crippen LogP contribution in [0.5, 0.6) is 0 Å². The summed E-state index contributed by atoms with van der Waals surface area (Å²) in [4.78, 5) is 0. The lowest BCUT2D eigenvalue weighted by molar-refractivity contribution is 0.146. The predicted molar refractivity (Wildman–Crippen MR) is 154 cm³/mol. The second-order valence-corrected chi connectivity index (χ2v) is 11.4. The van der Waals surface area contributed by atoms with Gasteiger partial charge in [-0.05, 0) is 75.3 Å². The van der Waals surface area contributed by atoms with E-state index in [1.165, 1.54) is 141 Å². The van der Waals surface area contributed by atoms with Gasteiger partial charge in [-0.1, -0.05) is 129 Å². The van der Waals surface area contributed by atoms with Crippen LogP contribution < -0.4 is 11.5 Å². The number of rotatable bonds is 24. The summed E-state index contributed by atoms with van der Waals surface area (Å²) in [5.41, 5.74) is 11.3. The highest BCUT2D eigenvalue weighted by Crippen LogP contribution is 2.44. The molecule has 1 aliphatic carbocycles. The van der Waals surface area contributed by atoms with E-state index in [1.807, 2.05) is 0 Å². The Hall–Kier alpha value is -0.340. The lowest BCUT2D eigenvalue weighted by Crippen LogP contribution is -2.32. The van der Waals surface area contributed by atoms with E-state index in [0.717, 1.165) is 36.8 Å². The van der Waals surface area contributed by atoms with Crippen molar-refractivity contribution in [1.29, 1.82) is 0 Å². The van der Waals surface area contributed by atoms with E-state index in [1.54, 1.807) is 0 Å². The van der Waals surface area contributed by atoms with E-state index >= 15 is 0 Å². The predicted octanol–water partition coefficient (Wildman–Crippen LogP) is 9.56. The van der Waals surface area contributed by atoms with Crippen molar-refractivity contribution in [3.8, 4) is 0 Å². The van der Waals surface area contributed by atoms with Crippen LogP contribution in [0.3, 0.4) is 0 Å². The lowest BCUT2D eigenvalue weighted by atomic mass is 9.64. The van der Waals surface area contributed by atoms with Gasteiger partial charge in [-0.15, -0.1) is 0 Å². The van der Waals surface area contributed by atoms with Crippen molar-refractivity contribution in [2.24, 2.45) is 35.1 Å². The molecule has 0 aromatic heterocycles. The fourth-order valence-corrected chi connectivity index (χ4v) is 6.39. The summed E-state index contributed by atoms with van der Waals surface area (Å²) < 4.78 is 0. The van der Waals surface area contributed by atoms with Gasteiger partial charge in [0.15, 0.2) is 0 Å². The van der Waals surface area contributed by atoms with Crippen molar-refractivity contribution in [3.63, 3.8) is 0 Å². The van der Waals surface area contributed by atoms with Crippen LogP contribution in [0.4, 0.5) is 0 Å². The van der Waals surface area contributed by atoms with Crippen molar-refractivity contribution in [2.45, 2.75) is 155 Å². The molecule has 202 valence electrons. The van der Waals surface area contributed by atoms with Crippen molar-refractivity contribution in [3.05, 3.63) is 12.2 Å². The van der Waals surface area contributed by atoms with E-state index in [-0.39, 0.29) is 0 Å². The van der Waals surface area contributed by atoms with Crippen LogP contribution in [0.1, 0.15) is 155 Å². The third-order valence-corrected chi connectivity index (χ3v) is 8.52. The van der Waals surface area contributed by atoms with Gasteiger partial charge >= 0.3 is 0 Å². The molecule has 0 radical (unpaired) electrons. The molecule has 2 nitrogen and oxygen atoms in total. The van der Waals surface area contributed by atoms with Crippen LogP contribution in [0, 0.1) is 23.7 Å². The third-order valence-electron chi connectivity index (χ3n) is 8.52. The largest absolute Gasteiger partial charge is 0.330 e. The molecule has 4 N–H and O–H groups in total. The zero-order chi connectivity index (χ0) is 24.7. The zero-order valence-corrected chi connectivity index (χ0v) is 23.6. The van der Waals surface area contributed by atoms with Crippen LogP contribution in [0.15, 0.2) is 12.2 Å². The third kappa shape index (κ3) is 14.9. The Morgan fingerprint density at radius 2 is 0.765 bits per heavy atom. The topological polar surface area (TPSA) is 52.0 Å². The number of hydrogen-bond donors (Lipinski definition) is 2. The Balaban J connectivity index is 2.66. The van der Waals surface area contributed by atoms with E-state index in [0.29, 0.717) is 0 Å². The Morgan fingerprint density at radius 1 is 0.412 bits per heavy atom. The average molecular weight is 477 g/mol. The van der Waals surface area contributed by atoms with Gasteiger partial charge in [0.05, 0.1) is 0 Å². The van der Waals surface area contributed by atoms with Crippen molar-refractivity contribution < 1.29 is 0 Å². The molecule has 0 spiro atoms. The van der Waals surface area contributed by atoms with Gasteiger partial charge in [0, 0.05) is 0 Å². The minimum absolute atomic E-state index is 0.843. The Labute approximate surface area is 215 Å². The Morgan fingerprint density at radius 3 is 1.21 bits per heavy atom. The standard InChI is InChI=1S/C32H64N2/c1-3-5-7-17-23-31-29(21-6-4-2)25-26-30(22-16-12-8-10-14-19-27-33)32(31)24-18-13-9-11-15-20-28-34/h25-26,29-32H,3-24,27-28,33-34H2,1-2H3. The molecule has 0 amide bonds. The van der Waals surface area contributed by atoms with Gasteiger partial charge in [0.25, 0.3) is 0 Å². The molecule has 0 bridgehead atoms. The summed E-state index contributed by atoms with van der Waals surface area (Å²) in [7, 11) is 0. The smallest absolute Gasteiger partial charge is 0.00773 e. The molecule has 4 unspecified atom stereocenters. The SMILES string of the molecule is CCCCCCC1C(CCCC)C=CC(CCCCCCCCN)C1CCCCCCCCN. The molecular formula is C32H64N2. The highest BCUT2D eigenvalue weighted by atomic mass is 14.5. The minimum Gasteiger partial charge on any atom is -0.330 e. The number of nitrogens with two attached hydrogens (primary N) is 2. The maximum Gasteiger partial charge on any atom is -0.00773 e. The molecule has 2 heteroatoms. The molecule has 34 heavy (non-hydrogen) atoms. The van der Waals surface area contributed by atoms with Gasteiger partial charge < -0.3 is 11.5 Å². The van der Waals surface area contributed by atoms with Crippen molar-refractivity contribution >= 4 is 0 Å². The summed E-state index contributed by atoms with van der Waals surface area (Å²) >= 11 is 0. The zero-order valence-electron chi connectivity index (χ0n) is 23.6. The molecule has 1 aliphatic rings. The van der Waals surface area contributed by atoms with Crippen LogP contribution in [-0.4, -0.2) is 13.1 Å². The summed E-state index contributed by atoms with van der Waals surface area (Å²) in [6, 6.07) is 0. The van der Waals surface area contributed by atoms with Gasteiger partial charge in [0.2, 0.25) is 0 Å². The first-order valence-corrected chi connectivity index (χ1v) is 15.9. The summed E-state index contributed by atoms with van der Waals surface area (Å²) in [5.74, 6) is 3.58. The lowest BCUT2D eigenvalue weighted by Gasteiger charge is -2.41. The second kappa shape index (κ2) is 23.1. The minimum atomic E-state index is 0.843. The first-order chi connectivity index (χ1) is 16.8. The van der Waals surface area contributed by atoms with Crippen molar-refractivity contribution in [1.82, 2.24) is 0 Å². The fraction of sp³-hybridized carbons (Fsp3) is 0.938. The summed E-state index contributed by atoms with van der Waals surface area (Å²) in [6.45, 7) is 6.43. The summed E-state index contributed by atoms with van der Waals surface area (Å²) in [5, 5.41) is 0. The van der Waals surface area contributed by atoms with Crippen LogP contribution in [-0.2, 0) is 0 Å². The molecule has 0 saturated heterocycles. The van der Waals surface area contributed by atoms with Gasteiger partial charge in [-0.25, -0.2) is 0 Å². The molecule has 0 aromatic rings. The number of allylic oxidation sites excluding steroid dienone is 2. The number of hydrogen-bond acceptors (Lipinski definition) is 2. The molecule has 1 rings (SSSR count). The molecule has 0 heterocycles. The second-order valence-electron chi connectivity index (χ2n) is 11.4. The van der Waals surface area contributed by atoms with E-state index in [4.69, 9.17) is 11.5 Å². The Kier molecular flexibility index (Phi) is 21.5. The highest BCUT2D eigenvalue weighted by Gasteiger charge is 2.34. The van der Waals surface area contributed by atoms with Gasteiger partial charge in [-0.3, -0.25) is 0 Å². The van der Waals surface area contributed by atoms with Gasteiger partial charge in [0.1, 0.15) is 0 Å².